The van der Waals surface area contributed by atoms with E-state index in [0.29, 0.717) is 5.92 Å². The number of nitrogens with one attached hydrogen (secondary N) is 1. The molecule has 10 heavy (non-hydrogen) atoms. The summed E-state index contributed by atoms with van der Waals surface area (Å²) in [4.78, 5) is 0. The van der Waals surface area contributed by atoms with E-state index in [9.17, 15) is 0 Å². The maximum atomic E-state index is 7.70. The van der Waals surface area contributed by atoms with Crippen LogP contribution in [0.15, 0.2) is 0 Å². The summed E-state index contributed by atoms with van der Waals surface area (Å²) in [6.07, 6.45) is 1.19. The van der Waals surface area contributed by atoms with Gasteiger partial charge >= 0.3 is 0 Å². The molecule has 1 unspecified atom stereocenters. The zero-order chi connectivity index (χ0) is 7.78. The van der Waals surface area contributed by atoms with Crippen LogP contribution in [0.2, 0.25) is 0 Å². The minimum atomic E-state index is 0.199. The molecule has 1 saturated heterocycles. The van der Waals surface area contributed by atoms with Crippen molar-refractivity contribution in [3.8, 4) is 0 Å². The van der Waals surface area contributed by atoms with Gasteiger partial charge in [0.15, 0.2) is 0 Å². The Bertz CT molecular complexity index is 153. The lowest BCUT2D eigenvalue weighted by molar-refractivity contribution is 0.330. The van der Waals surface area contributed by atoms with Gasteiger partial charge in [0.05, 0.1) is 5.04 Å². The van der Waals surface area contributed by atoms with Crippen LogP contribution < -0.4 is 0 Å². The van der Waals surface area contributed by atoms with Gasteiger partial charge < -0.3 is 0 Å². The van der Waals surface area contributed by atoms with Crippen LogP contribution in [0, 0.1) is 16.7 Å². The molecule has 0 aliphatic carbocycles. The van der Waals surface area contributed by atoms with Crippen LogP contribution in [-0.2, 0) is 0 Å². The second-order valence-electron chi connectivity index (χ2n) is 3.50. The van der Waals surface area contributed by atoms with Gasteiger partial charge in [-0.25, -0.2) is 0 Å². The normalized spacial score (nSPS) is 33.8. The molecule has 1 atom stereocenters. The van der Waals surface area contributed by atoms with Gasteiger partial charge in [0.25, 0.3) is 0 Å². The predicted molar refractivity (Wildman–Crippen MR) is 47.7 cm³/mol. The highest BCUT2D eigenvalue weighted by molar-refractivity contribution is 8.14. The van der Waals surface area contributed by atoms with E-state index >= 15 is 0 Å². The first kappa shape index (κ1) is 8.12. The quantitative estimate of drug-likeness (QED) is 0.621. The topological polar surface area (TPSA) is 23.9 Å². The fourth-order valence-electron chi connectivity index (χ4n) is 1.19. The molecule has 1 aliphatic rings. The fraction of sp³-hybridized carbons (Fsp3) is 0.875. The fourth-order valence-corrected chi connectivity index (χ4v) is 2.59. The van der Waals surface area contributed by atoms with Gasteiger partial charge in [0, 0.05) is 11.2 Å². The Labute approximate surface area is 67.1 Å². The molecule has 1 rings (SSSR count). The van der Waals surface area contributed by atoms with E-state index in [0.717, 1.165) is 10.8 Å². The summed E-state index contributed by atoms with van der Waals surface area (Å²) in [5.41, 5.74) is 0.199. The van der Waals surface area contributed by atoms with Crippen molar-refractivity contribution in [3.63, 3.8) is 0 Å². The summed E-state index contributed by atoms with van der Waals surface area (Å²) in [6.45, 7) is 6.63. The monoisotopic (exact) mass is 157 g/mol. The van der Waals surface area contributed by atoms with Crippen molar-refractivity contribution >= 4 is 16.8 Å². The Hall–Kier alpha value is 0.0200. The predicted octanol–water partition coefficient (Wildman–Crippen LogP) is 2.76. The molecule has 58 valence electrons. The maximum absolute atomic E-state index is 7.70. The number of thioether (sulfide) groups is 1. The number of hydrogen-bond donors (Lipinski definition) is 1. The first-order valence-electron chi connectivity index (χ1n) is 3.79. The first-order valence-corrected chi connectivity index (χ1v) is 4.78. The second kappa shape index (κ2) is 2.57. The summed E-state index contributed by atoms with van der Waals surface area (Å²) in [7, 11) is 0. The molecule has 1 nitrogen and oxygen atoms in total. The average molecular weight is 157 g/mol. The van der Waals surface area contributed by atoms with Gasteiger partial charge in [-0.05, 0) is 12.3 Å². The molecule has 0 bridgehead atoms. The molecular formula is C8H15NS. The summed E-state index contributed by atoms with van der Waals surface area (Å²) in [5.74, 6) is 1.77. The molecule has 1 aliphatic heterocycles. The Morgan fingerprint density at radius 1 is 1.60 bits per heavy atom. The summed E-state index contributed by atoms with van der Waals surface area (Å²) < 4.78 is 0. The Balaban J connectivity index is 2.75. The van der Waals surface area contributed by atoms with Crippen molar-refractivity contribution in [2.75, 3.05) is 5.75 Å². The zero-order valence-corrected chi connectivity index (χ0v) is 7.72. The molecule has 0 spiro atoms. The van der Waals surface area contributed by atoms with Crippen molar-refractivity contribution in [1.82, 2.24) is 0 Å². The standard InChI is InChI=1S/C8H15NS/c1-6(2)8(3)4-5-10-7(8)9/h6,9H,4-5H2,1-3H3. The van der Waals surface area contributed by atoms with Gasteiger partial charge in [-0.1, -0.05) is 20.8 Å². The third-order valence-electron chi connectivity index (χ3n) is 2.66. The van der Waals surface area contributed by atoms with Crippen molar-refractivity contribution in [2.24, 2.45) is 11.3 Å². The molecule has 0 aromatic heterocycles. The van der Waals surface area contributed by atoms with E-state index in [-0.39, 0.29) is 5.41 Å². The molecule has 0 saturated carbocycles. The third-order valence-corrected chi connectivity index (χ3v) is 3.82. The molecule has 1 fully saturated rings. The smallest absolute Gasteiger partial charge is 0.0703 e. The molecule has 2 heteroatoms. The number of hydrogen-bond acceptors (Lipinski definition) is 2. The van der Waals surface area contributed by atoms with Gasteiger partial charge in [-0.2, -0.15) is 0 Å². The van der Waals surface area contributed by atoms with Crippen LogP contribution in [0.5, 0.6) is 0 Å². The maximum Gasteiger partial charge on any atom is 0.0703 e. The lowest BCUT2D eigenvalue weighted by Crippen LogP contribution is -2.26. The van der Waals surface area contributed by atoms with Gasteiger partial charge in [0.2, 0.25) is 0 Å². The Morgan fingerprint density at radius 3 is 2.40 bits per heavy atom. The molecule has 0 radical (unpaired) electrons. The van der Waals surface area contributed by atoms with Crippen LogP contribution in [-0.4, -0.2) is 10.8 Å². The van der Waals surface area contributed by atoms with Crippen LogP contribution in [0.4, 0.5) is 0 Å². The van der Waals surface area contributed by atoms with Crippen molar-refractivity contribution < 1.29 is 0 Å². The lowest BCUT2D eigenvalue weighted by Gasteiger charge is -2.27. The van der Waals surface area contributed by atoms with Crippen LogP contribution >= 0.6 is 11.8 Å². The van der Waals surface area contributed by atoms with E-state index in [1.54, 1.807) is 11.8 Å². The van der Waals surface area contributed by atoms with Gasteiger partial charge in [-0.15, -0.1) is 11.8 Å². The first-order chi connectivity index (χ1) is 4.57. The average Bonchev–Trinajstić information content (AvgIpc) is 2.15. The zero-order valence-electron chi connectivity index (χ0n) is 6.90. The summed E-state index contributed by atoms with van der Waals surface area (Å²) in [5, 5.41) is 8.59. The van der Waals surface area contributed by atoms with Crippen LogP contribution in [0.3, 0.4) is 0 Å². The van der Waals surface area contributed by atoms with Crippen molar-refractivity contribution in [3.05, 3.63) is 0 Å². The minimum Gasteiger partial charge on any atom is -0.298 e. The molecule has 0 aromatic carbocycles. The summed E-state index contributed by atoms with van der Waals surface area (Å²) >= 11 is 1.72. The van der Waals surface area contributed by atoms with Crippen molar-refractivity contribution in [2.45, 2.75) is 27.2 Å². The second-order valence-corrected chi connectivity index (χ2v) is 4.60. The highest BCUT2D eigenvalue weighted by Crippen LogP contribution is 2.42. The van der Waals surface area contributed by atoms with E-state index in [1.807, 2.05) is 0 Å². The molecule has 1 N–H and O–H groups in total. The van der Waals surface area contributed by atoms with Gasteiger partial charge in [0.1, 0.15) is 0 Å². The van der Waals surface area contributed by atoms with E-state index in [2.05, 4.69) is 20.8 Å². The molecule has 0 amide bonds. The largest absolute Gasteiger partial charge is 0.298 e. The molecular weight excluding hydrogens is 142 g/mol. The summed E-state index contributed by atoms with van der Waals surface area (Å²) in [6, 6.07) is 0. The number of rotatable bonds is 1. The van der Waals surface area contributed by atoms with Gasteiger partial charge in [-0.3, -0.25) is 5.41 Å². The SMILES string of the molecule is CC(C)C1(C)CCSC1=N. The Kier molecular flexibility index (Phi) is 2.09. The van der Waals surface area contributed by atoms with Crippen LogP contribution in [0.25, 0.3) is 0 Å². The lowest BCUT2D eigenvalue weighted by atomic mass is 9.78. The highest BCUT2D eigenvalue weighted by Gasteiger charge is 2.37. The Morgan fingerprint density at radius 2 is 2.20 bits per heavy atom. The van der Waals surface area contributed by atoms with Crippen molar-refractivity contribution in [1.29, 1.82) is 5.41 Å². The van der Waals surface area contributed by atoms with E-state index < -0.39 is 0 Å². The molecule has 1 heterocycles. The highest BCUT2D eigenvalue weighted by atomic mass is 32.2. The van der Waals surface area contributed by atoms with E-state index in [4.69, 9.17) is 5.41 Å². The van der Waals surface area contributed by atoms with E-state index in [1.165, 1.54) is 6.42 Å². The van der Waals surface area contributed by atoms with Crippen LogP contribution in [0.1, 0.15) is 27.2 Å². The molecule has 0 aromatic rings. The third kappa shape index (κ3) is 1.09. The minimum absolute atomic E-state index is 0.199.